The van der Waals surface area contributed by atoms with E-state index in [0.717, 1.165) is 17.7 Å². The summed E-state index contributed by atoms with van der Waals surface area (Å²) in [5, 5.41) is 11.9. The Morgan fingerprint density at radius 2 is 2.18 bits per heavy atom. The van der Waals surface area contributed by atoms with Crippen LogP contribution in [-0.2, 0) is 9.59 Å². The van der Waals surface area contributed by atoms with Gasteiger partial charge in [0, 0.05) is 5.92 Å². The predicted octanol–water partition coefficient (Wildman–Crippen LogP) is 2.41. The Morgan fingerprint density at radius 3 is 2.77 bits per heavy atom. The molecule has 4 unspecified atom stereocenters. The zero-order chi connectivity index (χ0) is 16.3. The molecule has 0 aromatic heterocycles. The number of methoxy groups -OCH3 is 1. The molecule has 0 aliphatic heterocycles. The van der Waals surface area contributed by atoms with Gasteiger partial charge in [-0.2, -0.15) is 0 Å². The van der Waals surface area contributed by atoms with E-state index in [4.69, 9.17) is 4.74 Å². The molecule has 1 amide bonds. The van der Waals surface area contributed by atoms with Gasteiger partial charge in [0.1, 0.15) is 11.8 Å². The van der Waals surface area contributed by atoms with Crippen LogP contribution >= 0.6 is 0 Å². The maximum absolute atomic E-state index is 12.3. The number of nitrogens with one attached hydrogen (secondary N) is 1. The highest BCUT2D eigenvalue weighted by molar-refractivity contribution is 5.87. The van der Waals surface area contributed by atoms with E-state index in [1.54, 1.807) is 7.11 Å². The molecule has 1 aromatic rings. The molecule has 22 heavy (non-hydrogen) atoms. The number of benzene rings is 1. The van der Waals surface area contributed by atoms with E-state index >= 15 is 0 Å². The average molecular weight is 305 g/mol. The molecule has 1 fully saturated rings. The van der Waals surface area contributed by atoms with Crippen molar-refractivity contribution in [3.8, 4) is 5.75 Å². The van der Waals surface area contributed by atoms with E-state index in [1.807, 2.05) is 38.1 Å². The maximum atomic E-state index is 12.3. The predicted molar refractivity (Wildman–Crippen MR) is 82.9 cm³/mol. The highest BCUT2D eigenvalue weighted by Gasteiger charge is 2.45. The van der Waals surface area contributed by atoms with Crippen LogP contribution in [0.15, 0.2) is 24.3 Å². The van der Waals surface area contributed by atoms with Crippen molar-refractivity contribution in [1.82, 2.24) is 5.32 Å². The topological polar surface area (TPSA) is 75.6 Å². The molecule has 0 spiro atoms. The molecule has 0 heterocycles. The number of amides is 1. The quantitative estimate of drug-likeness (QED) is 0.811. The zero-order valence-electron chi connectivity index (χ0n) is 13.2. The fourth-order valence-corrected chi connectivity index (χ4v) is 2.67. The molecule has 2 N–H and O–H groups in total. The summed E-state index contributed by atoms with van der Waals surface area (Å²) in [5.74, 6) is -0.441. The summed E-state index contributed by atoms with van der Waals surface area (Å²) in [5.41, 5.74) is 1.06. The first kappa shape index (κ1) is 16.3. The van der Waals surface area contributed by atoms with Gasteiger partial charge in [0.15, 0.2) is 0 Å². The summed E-state index contributed by atoms with van der Waals surface area (Å²) in [6, 6.07) is 6.86. The van der Waals surface area contributed by atoms with Crippen molar-refractivity contribution >= 4 is 11.9 Å². The fraction of sp³-hybridized carbons (Fsp3) is 0.529. The molecule has 120 valence electrons. The van der Waals surface area contributed by atoms with Crippen LogP contribution in [0.1, 0.15) is 38.2 Å². The standard InChI is InChI=1S/C17H23NO4/c1-4-10(2)15(17(20)21)18-16(19)14-9-13(14)11-6-5-7-12(8-11)22-3/h5-8,10,13-15H,4,9H2,1-3H3,(H,18,19)(H,20,21). The Bertz CT molecular complexity index is 557. The van der Waals surface area contributed by atoms with Crippen molar-refractivity contribution in [3.63, 3.8) is 0 Å². The Morgan fingerprint density at radius 1 is 1.45 bits per heavy atom. The summed E-state index contributed by atoms with van der Waals surface area (Å²) < 4.78 is 5.19. The molecule has 1 aromatic carbocycles. The van der Waals surface area contributed by atoms with Crippen molar-refractivity contribution in [3.05, 3.63) is 29.8 Å². The van der Waals surface area contributed by atoms with Crippen LogP contribution in [0.5, 0.6) is 5.75 Å². The molecule has 2 rings (SSSR count). The third kappa shape index (κ3) is 3.59. The molecule has 1 saturated carbocycles. The van der Waals surface area contributed by atoms with E-state index in [0.29, 0.717) is 6.42 Å². The van der Waals surface area contributed by atoms with Gasteiger partial charge < -0.3 is 15.2 Å². The van der Waals surface area contributed by atoms with E-state index in [9.17, 15) is 14.7 Å². The van der Waals surface area contributed by atoms with E-state index in [1.165, 1.54) is 0 Å². The highest BCUT2D eigenvalue weighted by Crippen LogP contribution is 2.48. The first-order chi connectivity index (χ1) is 10.5. The van der Waals surface area contributed by atoms with Crippen molar-refractivity contribution in [1.29, 1.82) is 0 Å². The van der Waals surface area contributed by atoms with Gasteiger partial charge >= 0.3 is 5.97 Å². The van der Waals surface area contributed by atoms with Crippen LogP contribution in [0.2, 0.25) is 0 Å². The minimum absolute atomic E-state index is 0.0875. The van der Waals surface area contributed by atoms with Crippen LogP contribution in [0.25, 0.3) is 0 Å². The summed E-state index contributed by atoms with van der Waals surface area (Å²) in [6.07, 6.45) is 1.47. The monoisotopic (exact) mass is 305 g/mol. The highest BCUT2D eigenvalue weighted by atomic mass is 16.5. The number of aliphatic carboxylic acids is 1. The second-order valence-electron chi connectivity index (χ2n) is 5.94. The number of hydrogen-bond acceptors (Lipinski definition) is 3. The van der Waals surface area contributed by atoms with E-state index in [-0.39, 0.29) is 23.7 Å². The normalized spacial score (nSPS) is 22.5. The first-order valence-corrected chi connectivity index (χ1v) is 7.65. The lowest BCUT2D eigenvalue weighted by molar-refractivity contribution is -0.143. The number of carboxylic acid groups (broad SMARTS) is 1. The number of carbonyl (C=O) groups excluding carboxylic acids is 1. The molecule has 1 aliphatic carbocycles. The molecule has 0 bridgehead atoms. The Balaban J connectivity index is 1.99. The largest absolute Gasteiger partial charge is 0.497 e. The smallest absolute Gasteiger partial charge is 0.326 e. The molecular weight excluding hydrogens is 282 g/mol. The minimum atomic E-state index is -0.971. The molecule has 5 nitrogen and oxygen atoms in total. The van der Waals surface area contributed by atoms with Crippen LogP contribution < -0.4 is 10.1 Å². The van der Waals surface area contributed by atoms with Crippen LogP contribution in [0.3, 0.4) is 0 Å². The van der Waals surface area contributed by atoms with Crippen molar-refractivity contribution < 1.29 is 19.4 Å². The summed E-state index contributed by atoms with van der Waals surface area (Å²) in [4.78, 5) is 23.6. The summed E-state index contributed by atoms with van der Waals surface area (Å²) in [7, 11) is 1.61. The Labute approximate surface area is 130 Å². The molecular formula is C17H23NO4. The molecule has 0 radical (unpaired) electrons. The lowest BCUT2D eigenvalue weighted by Gasteiger charge is -2.20. The number of carbonyl (C=O) groups is 2. The maximum Gasteiger partial charge on any atom is 0.326 e. The fourth-order valence-electron chi connectivity index (χ4n) is 2.67. The number of carboxylic acids is 1. The third-order valence-electron chi connectivity index (χ3n) is 4.43. The van der Waals surface area contributed by atoms with Crippen LogP contribution in [0, 0.1) is 11.8 Å². The lowest BCUT2D eigenvalue weighted by Crippen LogP contribution is -2.45. The van der Waals surface area contributed by atoms with Crippen LogP contribution in [0.4, 0.5) is 0 Å². The van der Waals surface area contributed by atoms with Gasteiger partial charge in [-0.05, 0) is 36.0 Å². The first-order valence-electron chi connectivity index (χ1n) is 7.65. The van der Waals surface area contributed by atoms with E-state index in [2.05, 4.69) is 5.32 Å². The van der Waals surface area contributed by atoms with Gasteiger partial charge in [-0.15, -0.1) is 0 Å². The number of hydrogen-bond donors (Lipinski definition) is 2. The average Bonchev–Trinajstić information content (AvgIpc) is 3.32. The second-order valence-corrected chi connectivity index (χ2v) is 5.94. The third-order valence-corrected chi connectivity index (χ3v) is 4.43. The van der Waals surface area contributed by atoms with Gasteiger partial charge in [-0.3, -0.25) is 4.79 Å². The molecule has 5 heteroatoms. The minimum Gasteiger partial charge on any atom is -0.497 e. The van der Waals surface area contributed by atoms with Crippen LogP contribution in [-0.4, -0.2) is 30.1 Å². The Hall–Kier alpha value is -2.04. The van der Waals surface area contributed by atoms with Crippen molar-refractivity contribution in [2.45, 2.75) is 38.6 Å². The molecule has 1 aliphatic rings. The van der Waals surface area contributed by atoms with E-state index < -0.39 is 12.0 Å². The van der Waals surface area contributed by atoms with Crippen molar-refractivity contribution in [2.75, 3.05) is 7.11 Å². The summed E-state index contributed by atoms with van der Waals surface area (Å²) >= 11 is 0. The lowest BCUT2D eigenvalue weighted by atomic mass is 9.99. The SMILES string of the molecule is CCC(C)C(NC(=O)C1CC1c1cccc(OC)c1)C(=O)O. The summed E-state index contributed by atoms with van der Waals surface area (Å²) in [6.45, 7) is 3.76. The van der Waals surface area contributed by atoms with Gasteiger partial charge in [-0.25, -0.2) is 4.79 Å². The van der Waals surface area contributed by atoms with Gasteiger partial charge in [0.25, 0.3) is 0 Å². The molecule has 4 atom stereocenters. The van der Waals surface area contributed by atoms with Crippen molar-refractivity contribution in [2.24, 2.45) is 11.8 Å². The second kappa shape index (κ2) is 6.81. The zero-order valence-corrected chi connectivity index (χ0v) is 13.2. The number of rotatable bonds is 7. The van der Waals surface area contributed by atoms with Gasteiger partial charge in [-0.1, -0.05) is 32.4 Å². The Kier molecular flexibility index (Phi) is 5.06. The number of ether oxygens (including phenoxy) is 1. The van der Waals surface area contributed by atoms with Gasteiger partial charge in [0.05, 0.1) is 7.11 Å². The molecule has 0 saturated heterocycles. The van der Waals surface area contributed by atoms with Gasteiger partial charge in [0.2, 0.25) is 5.91 Å².